The molecule has 2 aromatic carbocycles. The summed E-state index contributed by atoms with van der Waals surface area (Å²) in [6.45, 7) is 4.93. The van der Waals surface area contributed by atoms with Gasteiger partial charge in [0.1, 0.15) is 0 Å². The van der Waals surface area contributed by atoms with E-state index in [9.17, 15) is 9.59 Å². The van der Waals surface area contributed by atoms with Crippen LogP contribution in [-0.4, -0.2) is 43.1 Å². The van der Waals surface area contributed by atoms with Gasteiger partial charge in [0, 0.05) is 37.4 Å². The Morgan fingerprint density at radius 3 is 2.29 bits per heavy atom. The van der Waals surface area contributed by atoms with Gasteiger partial charge in [-0.2, -0.15) is 4.99 Å². The molecule has 1 amide bonds. The number of carbonyl (C=O) groups is 1. The monoisotopic (exact) mass is 321 g/mol. The van der Waals surface area contributed by atoms with E-state index in [2.05, 4.69) is 9.89 Å². The van der Waals surface area contributed by atoms with E-state index >= 15 is 0 Å². The maximum atomic E-state index is 12.6. The topological polar surface area (TPSA) is 53.0 Å². The molecule has 122 valence electrons. The third-order valence-electron chi connectivity index (χ3n) is 4.33. The summed E-state index contributed by atoms with van der Waals surface area (Å²) in [5.41, 5.74) is 3.46. The van der Waals surface area contributed by atoms with Gasteiger partial charge in [-0.3, -0.25) is 4.79 Å². The molecule has 0 aliphatic carbocycles. The fourth-order valence-electron chi connectivity index (χ4n) is 2.94. The number of benzene rings is 2. The first kappa shape index (κ1) is 16.0. The molecule has 1 aliphatic rings. The van der Waals surface area contributed by atoms with Crippen molar-refractivity contribution in [1.29, 1.82) is 0 Å². The van der Waals surface area contributed by atoms with Crippen LogP contribution in [0.3, 0.4) is 0 Å². The number of piperazine rings is 1. The highest BCUT2D eigenvalue weighted by Crippen LogP contribution is 2.21. The summed E-state index contributed by atoms with van der Waals surface area (Å²) >= 11 is 0. The molecule has 24 heavy (non-hydrogen) atoms. The molecular weight excluding hydrogens is 302 g/mol. The van der Waals surface area contributed by atoms with Crippen LogP contribution in [0.4, 0.5) is 11.4 Å². The van der Waals surface area contributed by atoms with Crippen molar-refractivity contribution in [3.8, 4) is 0 Å². The Hall–Kier alpha value is -2.91. The van der Waals surface area contributed by atoms with Crippen LogP contribution >= 0.6 is 0 Å². The quantitative estimate of drug-likeness (QED) is 0.645. The van der Waals surface area contributed by atoms with Crippen molar-refractivity contribution in [2.75, 3.05) is 31.1 Å². The van der Waals surface area contributed by atoms with Gasteiger partial charge in [-0.1, -0.05) is 18.2 Å². The zero-order chi connectivity index (χ0) is 16.9. The summed E-state index contributed by atoms with van der Waals surface area (Å²) in [6, 6.07) is 15.2. The number of isocyanates is 1. The van der Waals surface area contributed by atoms with E-state index in [-0.39, 0.29) is 5.91 Å². The summed E-state index contributed by atoms with van der Waals surface area (Å²) < 4.78 is 0. The van der Waals surface area contributed by atoms with Crippen LogP contribution in [0.2, 0.25) is 0 Å². The van der Waals surface area contributed by atoms with Gasteiger partial charge in [0.25, 0.3) is 5.91 Å². The highest BCUT2D eigenvalue weighted by molar-refractivity contribution is 5.95. The summed E-state index contributed by atoms with van der Waals surface area (Å²) in [5, 5.41) is 0. The molecule has 5 heteroatoms. The van der Waals surface area contributed by atoms with Crippen LogP contribution in [0.25, 0.3) is 0 Å². The highest BCUT2D eigenvalue weighted by Gasteiger charge is 2.23. The van der Waals surface area contributed by atoms with E-state index in [1.165, 1.54) is 6.08 Å². The number of nitrogens with zero attached hydrogens (tertiary/aromatic N) is 3. The lowest BCUT2D eigenvalue weighted by Gasteiger charge is -2.36. The average Bonchev–Trinajstić information content (AvgIpc) is 2.63. The Morgan fingerprint density at radius 2 is 1.67 bits per heavy atom. The Balaban J connectivity index is 1.64. The molecule has 1 heterocycles. The first-order valence-corrected chi connectivity index (χ1v) is 7.97. The number of anilines is 1. The van der Waals surface area contributed by atoms with Crippen molar-refractivity contribution in [2.45, 2.75) is 6.92 Å². The zero-order valence-corrected chi connectivity index (χ0v) is 13.6. The molecule has 1 aliphatic heterocycles. The number of amides is 1. The number of hydrogen-bond donors (Lipinski definition) is 0. The summed E-state index contributed by atoms with van der Waals surface area (Å²) in [4.78, 5) is 30.6. The number of aryl methyl sites for hydroxylation is 1. The molecule has 0 unspecified atom stereocenters. The van der Waals surface area contributed by atoms with Crippen LogP contribution in [-0.2, 0) is 4.79 Å². The normalized spacial score (nSPS) is 14.2. The molecule has 0 N–H and O–H groups in total. The number of aliphatic imine (C=N–C) groups is 1. The number of hydrogen-bond acceptors (Lipinski definition) is 4. The van der Waals surface area contributed by atoms with Gasteiger partial charge in [-0.15, -0.1) is 0 Å². The van der Waals surface area contributed by atoms with Crippen molar-refractivity contribution in [3.63, 3.8) is 0 Å². The molecule has 0 radical (unpaired) electrons. The van der Waals surface area contributed by atoms with Crippen molar-refractivity contribution in [3.05, 3.63) is 59.7 Å². The minimum absolute atomic E-state index is 0.100. The largest absolute Gasteiger partial charge is 0.368 e. The van der Waals surface area contributed by atoms with E-state index in [0.717, 1.165) is 29.9 Å². The molecule has 2 aromatic rings. The second-order valence-electron chi connectivity index (χ2n) is 5.81. The molecule has 0 aromatic heterocycles. The van der Waals surface area contributed by atoms with Gasteiger partial charge >= 0.3 is 0 Å². The zero-order valence-electron chi connectivity index (χ0n) is 13.6. The van der Waals surface area contributed by atoms with Gasteiger partial charge in [-0.25, -0.2) is 4.79 Å². The Bertz CT molecular complexity index is 771. The van der Waals surface area contributed by atoms with Crippen LogP contribution in [0.15, 0.2) is 53.5 Å². The van der Waals surface area contributed by atoms with E-state index in [0.29, 0.717) is 18.8 Å². The Labute approximate surface area is 141 Å². The van der Waals surface area contributed by atoms with Crippen molar-refractivity contribution >= 4 is 23.4 Å². The molecule has 0 bridgehead atoms. The van der Waals surface area contributed by atoms with Gasteiger partial charge in [0.2, 0.25) is 6.08 Å². The number of carbonyl (C=O) groups excluding carboxylic acids is 2. The average molecular weight is 321 g/mol. The van der Waals surface area contributed by atoms with Gasteiger partial charge < -0.3 is 9.80 Å². The smallest absolute Gasteiger partial charge is 0.254 e. The lowest BCUT2D eigenvalue weighted by atomic mass is 10.1. The molecule has 0 spiro atoms. The maximum absolute atomic E-state index is 12.6. The standard InChI is InChI=1S/C19H19N3O2/c1-15-4-2-3-5-18(15)19(24)22-12-10-21(11-13-22)17-8-6-16(7-9-17)20-14-23/h2-9H,10-13H2,1H3. The first-order chi connectivity index (χ1) is 11.7. The lowest BCUT2D eigenvalue weighted by molar-refractivity contribution is 0.0746. The fourth-order valence-corrected chi connectivity index (χ4v) is 2.94. The SMILES string of the molecule is Cc1ccccc1C(=O)N1CCN(c2ccc(N=C=O)cc2)CC1. The Kier molecular flexibility index (Phi) is 4.73. The van der Waals surface area contributed by atoms with Crippen molar-refractivity contribution in [2.24, 2.45) is 4.99 Å². The van der Waals surface area contributed by atoms with E-state index < -0.39 is 0 Å². The van der Waals surface area contributed by atoms with E-state index in [4.69, 9.17) is 0 Å². The minimum Gasteiger partial charge on any atom is -0.368 e. The van der Waals surface area contributed by atoms with Crippen molar-refractivity contribution < 1.29 is 9.59 Å². The van der Waals surface area contributed by atoms with Crippen LogP contribution < -0.4 is 4.90 Å². The van der Waals surface area contributed by atoms with Gasteiger partial charge in [0.15, 0.2) is 0 Å². The minimum atomic E-state index is 0.100. The molecular formula is C19H19N3O2. The molecule has 3 rings (SSSR count). The predicted octanol–water partition coefficient (Wildman–Crippen LogP) is 2.92. The fraction of sp³-hybridized carbons (Fsp3) is 0.263. The van der Waals surface area contributed by atoms with Crippen LogP contribution in [0.1, 0.15) is 15.9 Å². The molecule has 1 saturated heterocycles. The molecule has 1 fully saturated rings. The highest BCUT2D eigenvalue weighted by atomic mass is 16.2. The van der Waals surface area contributed by atoms with Gasteiger partial charge in [0.05, 0.1) is 5.69 Å². The summed E-state index contributed by atoms with van der Waals surface area (Å²) in [5.74, 6) is 0.100. The summed E-state index contributed by atoms with van der Waals surface area (Å²) in [6.07, 6.45) is 1.54. The Morgan fingerprint density at radius 1 is 1.00 bits per heavy atom. The maximum Gasteiger partial charge on any atom is 0.254 e. The van der Waals surface area contributed by atoms with Crippen LogP contribution in [0, 0.1) is 6.92 Å². The van der Waals surface area contributed by atoms with E-state index in [1.807, 2.05) is 48.2 Å². The third-order valence-corrected chi connectivity index (χ3v) is 4.33. The summed E-state index contributed by atoms with van der Waals surface area (Å²) in [7, 11) is 0. The van der Waals surface area contributed by atoms with Gasteiger partial charge in [-0.05, 0) is 42.8 Å². The lowest BCUT2D eigenvalue weighted by Crippen LogP contribution is -2.48. The first-order valence-electron chi connectivity index (χ1n) is 7.97. The second kappa shape index (κ2) is 7.11. The second-order valence-corrected chi connectivity index (χ2v) is 5.81. The molecule has 0 saturated carbocycles. The van der Waals surface area contributed by atoms with Crippen molar-refractivity contribution in [1.82, 2.24) is 4.90 Å². The molecule has 0 atom stereocenters. The van der Waals surface area contributed by atoms with Crippen LogP contribution in [0.5, 0.6) is 0 Å². The third kappa shape index (κ3) is 3.36. The molecule has 5 nitrogen and oxygen atoms in total. The predicted molar refractivity (Wildman–Crippen MR) is 93.5 cm³/mol. The van der Waals surface area contributed by atoms with E-state index in [1.54, 1.807) is 12.1 Å². The number of rotatable bonds is 3.